The Labute approximate surface area is 115 Å². The van der Waals surface area contributed by atoms with E-state index in [0.29, 0.717) is 6.42 Å². The second-order valence-corrected chi connectivity index (χ2v) is 5.80. The van der Waals surface area contributed by atoms with E-state index in [0.717, 1.165) is 51.5 Å². The van der Waals surface area contributed by atoms with Gasteiger partial charge >= 0.3 is 6.18 Å². The maximum absolute atomic E-state index is 13.2. The van der Waals surface area contributed by atoms with E-state index in [1.165, 1.54) is 0 Å². The van der Waals surface area contributed by atoms with E-state index in [9.17, 15) is 13.2 Å². The van der Waals surface area contributed by atoms with Gasteiger partial charge in [-0.3, -0.25) is 0 Å². The molecule has 0 heterocycles. The molecule has 4 heteroatoms. The van der Waals surface area contributed by atoms with Crippen LogP contribution in [0.25, 0.3) is 0 Å². The first-order chi connectivity index (χ1) is 9.00. The number of unbranched alkanes of at least 4 members (excludes halogenated alkanes) is 1. The Bertz CT molecular complexity index is 232. The highest BCUT2D eigenvalue weighted by molar-refractivity contribution is 4.88. The van der Waals surface area contributed by atoms with Crippen molar-refractivity contribution in [3.05, 3.63) is 0 Å². The van der Waals surface area contributed by atoms with Gasteiger partial charge in [0, 0.05) is 6.04 Å². The van der Waals surface area contributed by atoms with Crippen molar-refractivity contribution in [1.82, 2.24) is 5.32 Å². The minimum Gasteiger partial charge on any atom is -0.314 e. The van der Waals surface area contributed by atoms with Gasteiger partial charge in [0.2, 0.25) is 0 Å². The molecule has 114 valence electrons. The molecular weight excluding hydrogens is 251 g/mol. The highest BCUT2D eigenvalue weighted by atomic mass is 19.4. The molecule has 3 atom stereocenters. The van der Waals surface area contributed by atoms with Crippen LogP contribution >= 0.6 is 0 Å². The van der Waals surface area contributed by atoms with Crippen molar-refractivity contribution in [2.45, 2.75) is 77.4 Å². The summed E-state index contributed by atoms with van der Waals surface area (Å²) in [6.07, 6.45) is 2.64. The molecule has 0 radical (unpaired) electrons. The van der Waals surface area contributed by atoms with Crippen molar-refractivity contribution >= 4 is 0 Å². The molecule has 0 aliphatic heterocycles. The van der Waals surface area contributed by atoms with E-state index >= 15 is 0 Å². The molecule has 1 fully saturated rings. The fourth-order valence-electron chi connectivity index (χ4n) is 3.27. The maximum Gasteiger partial charge on any atom is 0.392 e. The Balaban J connectivity index is 2.71. The summed E-state index contributed by atoms with van der Waals surface area (Å²) in [6.45, 7) is 4.99. The Morgan fingerprint density at radius 2 is 1.79 bits per heavy atom. The highest BCUT2D eigenvalue weighted by Crippen LogP contribution is 2.43. The zero-order chi connectivity index (χ0) is 14.3. The first kappa shape index (κ1) is 16.8. The molecule has 0 saturated heterocycles. The lowest BCUT2D eigenvalue weighted by molar-refractivity contribution is -0.199. The van der Waals surface area contributed by atoms with Crippen LogP contribution < -0.4 is 5.32 Å². The molecule has 0 aromatic rings. The Morgan fingerprint density at radius 1 is 1.11 bits per heavy atom. The number of nitrogens with one attached hydrogen (secondary N) is 1. The topological polar surface area (TPSA) is 12.0 Å². The normalized spacial score (nSPS) is 26.4. The van der Waals surface area contributed by atoms with Gasteiger partial charge in [-0.05, 0) is 38.1 Å². The van der Waals surface area contributed by atoms with Gasteiger partial charge < -0.3 is 5.32 Å². The minimum absolute atomic E-state index is 0.0480. The molecule has 3 unspecified atom stereocenters. The van der Waals surface area contributed by atoms with E-state index in [1.54, 1.807) is 0 Å². The monoisotopic (exact) mass is 279 g/mol. The van der Waals surface area contributed by atoms with Crippen molar-refractivity contribution in [2.24, 2.45) is 11.8 Å². The van der Waals surface area contributed by atoms with E-state index in [-0.39, 0.29) is 12.0 Å². The third-order valence-corrected chi connectivity index (χ3v) is 4.28. The Hall–Kier alpha value is -0.250. The van der Waals surface area contributed by atoms with Gasteiger partial charge in [-0.15, -0.1) is 0 Å². The van der Waals surface area contributed by atoms with Crippen LogP contribution in [0.3, 0.4) is 0 Å². The van der Waals surface area contributed by atoms with Crippen LogP contribution in [0.2, 0.25) is 0 Å². The van der Waals surface area contributed by atoms with Gasteiger partial charge in [-0.2, -0.15) is 13.2 Å². The SMILES string of the molecule is CCCCC(NCCC)C1CCCCC1C(F)(F)F. The lowest BCUT2D eigenvalue weighted by Gasteiger charge is -2.38. The molecule has 1 rings (SSSR count). The molecule has 1 N–H and O–H groups in total. The zero-order valence-electron chi connectivity index (χ0n) is 12.2. The van der Waals surface area contributed by atoms with Crippen LogP contribution in [-0.4, -0.2) is 18.8 Å². The summed E-state index contributed by atoms with van der Waals surface area (Å²) in [6, 6.07) is 0.0480. The van der Waals surface area contributed by atoms with Crippen molar-refractivity contribution in [3.63, 3.8) is 0 Å². The third-order valence-electron chi connectivity index (χ3n) is 4.28. The van der Waals surface area contributed by atoms with Crippen molar-refractivity contribution in [1.29, 1.82) is 0 Å². The average Bonchev–Trinajstić information content (AvgIpc) is 2.38. The van der Waals surface area contributed by atoms with E-state index in [1.807, 2.05) is 0 Å². The molecule has 1 saturated carbocycles. The number of rotatable bonds is 7. The number of halogens is 3. The van der Waals surface area contributed by atoms with Gasteiger partial charge in [-0.1, -0.05) is 39.5 Å². The highest BCUT2D eigenvalue weighted by Gasteiger charge is 2.47. The molecule has 0 bridgehead atoms. The predicted octanol–water partition coefficient (Wildman–Crippen LogP) is 4.91. The lowest BCUT2D eigenvalue weighted by atomic mass is 9.73. The molecule has 0 spiro atoms. The van der Waals surface area contributed by atoms with Crippen molar-refractivity contribution < 1.29 is 13.2 Å². The van der Waals surface area contributed by atoms with Crippen molar-refractivity contribution in [2.75, 3.05) is 6.54 Å². The smallest absolute Gasteiger partial charge is 0.314 e. The minimum atomic E-state index is -4.02. The first-order valence-electron chi connectivity index (χ1n) is 7.80. The molecule has 0 amide bonds. The molecule has 19 heavy (non-hydrogen) atoms. The first-order valence-corrected chi connectivity index (χ1v) is 7.80. The number of hydrogen-bond acceptors (Lipinski definition) is 1. The van der Waals surface area contributed by atoms with E-state index < -0.39 is 12.1 Å². The second-order valence-electron chi connectivity index (χ2n) is 5.80. The standard InChI is InChI=1S/C15H28F3N/c1-3-5-10-14(19-11-4-2)12-8-6-7-9-13(12)15(16,17)18/h12-14,19H,3-11H2,1-2H3. The molecule has 0 aromatic carbocycles. The summed E-state index contributed by atoms with van der Waals surface area (Å²) in [5.74, 6) is -1.31. The van der Waals surface area contributed by atoms with Crippen LogP contribution in [0.4, 0.5) is 13.2 Å². The summed E-state index contributed by atoms with van der Waals surface area (Å²) in [5, 5.41) is 3.38. The van der Waals surface area contributed by atoms with Crippen LogP contribution in [0.1, 0.15) is 65.2 Å². The van der Waals surface area contributed by atoms with Crippen LogP contribution in [-0.2, 0) is 0 Å². The Kier molecular flexibility index (Phi) is 7.19. The molecular formula is C15H28F3N. The van der Waals surface area contributed by atoms with Gasteiger partial charge in [0.25, 0.3) is 0 Å². The third kappa shape index (κ3) is 5.33. The van der Waals surface area contributed by atoms with Gasteiger partial charge in [0.05, 0.1) is 5.92 Å². The maximum atomic E-state index is 13.2. The van der Waals surface area contributed by atoms with E-state index in [2.05, 4.69) is 19.2 Å². The summed E-state index contributed by atoms with van der Waals surface area (Å²) in [5.41, 5.74) is 0. The molecule has 1 aliphatic rings. The quantitative estimate of drug-likeness (QED) is 0.698. The van der Waals surface area contributed by atoms with E-state index in [4.69, 9.17) is 0 Å². The second kappa shape index (κ2) is 8.13. The van der Waals surface area contributed by atoms with Gasteiger partial charge in [-0.25, -0.2) is 0 Å². The number of hydrogen-bond donors (Lipinski definition) is 1. The fraction of sp³-hybridized carbons (Fsp3) is 1.00. The molecule has 1 nitrogen and oxygen atoms in total. The summed E-state index contributed by atoms with van der Waals surface area (Å²) < 4.78 is 39.5. The molecule has 1 aliphatic carbocycles. The fourth-order valence-corrected chi connectivity index (χ4v) is 3.27. The summed E-state index contributed by atoms with van der Waals surface area (Å²) in [7, 11) is 0. The summed E-state index contributed by atoms with van der Waals surface area (Å²) >= 11 is 0. The zero-order valence-corrected chi connectivity index (χ0v) is 12.2. The van der Waals surface area contributed by atoms with Gasteiger partial charge in [0.15, 0.2) is 0 Å². The lowest BCUT2D eigenvalue weighted by Crippen LogP contribution is -2.45. The van der Waals surface area contributed by atoms with Crippen molar-refractivity contribution in [3.8, 4) is 0 Å². The van der Waals surface area contributed by atoms with Crippen LogP contribution in [0.15, 0.2) is 0 Å². The average molecular weight is 279 g/mol. The predicted molar refractivity (Wildman–Crippen MR) is 73.1 cm³/mol. The summed E-state index contributed by atoms with van der Waals surface area (Å²) in [4.78, 5) is 0. The largest absolute Gasteiger partial charge is 0.392 e. The molecule has 0 aromatic heterocycles. The number of alkyl halides is 3. The Morgan fingerprint density at radius 3 is 2.37 bits per heavy atom. The van der Waals surface area contributed by atoms with Crippen LogP contribution in [0, 0.1) is 11.8 Å². The van der Waals surface area contributed by atoms with Gasteiger partial charge in [0.1, 0.15) is 0 Å². The van der Waals surface area contributed by atoms with Crippen LogP contribution in [0.5, 0.6) is 0 Å².